The van der Waals surface area contributed by atoms with Crippen LogP contribution in [0.25, 0.3) is 10.9 Å². The van der Waals surface area contributed by atoms with Gasteiger partial charge in [0.1, 0.15) is 17.8 Å². The summed E-state index contributed by atoms with van der Waals surface area (Å²) in [4.78, 5) is 15.2. The summed E-state index contributed by atoms with van der Waals surface area (Å²) in [6.07, 6.45) is 3.73. The monoisotopic (exact) mass is 498 g/mol. The van der Waals surface area contributed by atoms with Crippen LogP contribution < -0.4 is 23.8 Å². The van der Waals surface area contributed by atoms with Gasteiger partial charge in [0.25, 0.3) is 5.88 Å². The highest BCUT2D eigenvalue weighted by Crippen LogP contribution is 2.50. The van der Waals surface area contributed by atoms with Crippen molar-refractivity contribution in [3.8, 4) is 23.1 Å². The van der Waals surface area contributed by atoms with Gasteiger partial charge in [0.15, 0.2) is 11.5 Å². The second-order valence-corrected chi connectivity index (χ2v) is 8.06. The molecule has 34 heavy (non-hydrogen) atoms. The third kappa shape index (κ3) is 4.10. The standard InChI is InChI=1S/C24H20Cl2N4O4/c1-31-19-11-18-16(10-20(19)32-9-5-8-25)23(29-13-28-18)30(15-6-3-2-4-7-15)21-17(26)12-27-24-22(21)33-14-34-24/h2-4,6-7,10-13H,5,8-9,14H2,1H3. The minimum Gasteiger partial charge on any atom is -0.493 e. The predicted octanol–water partition coefficient (Wildman–Crippen LogP) is 5.89. The molecule has 1 aliphatic heterocycles. The molecule has 3 heterocycles. The smallest absolute Gasteiger partial charge is 0.262 e. The number of hydrogen-bond donors (Lipinski definition) is 0. The number of nitrogens with zero attached hydrogens (tertiary/aromatic N) is 4. The molecular weight excluding hydrogens is 479 g/mol. The van der Waals surface area contributed by atoms with Gasteiger partial charge in [-0.25, -0.2) is 15.0 Å². The van der Waals surface area contributed by atoms with Crippen LogP contribution in [-0.4, -0.2) is 41.3 Å². The Labute approximate surface area is 206 Å². The lowest BCUT2D eigenvalue weighted by molar-refractivity contribution is 0.171. The van der Waals surface area contributed by atoms with E-state index in [0.29, 0.717) is 64.1 Å². The number of pyridine rings is 1. The number of methoxy groups -OCH3 is 1. The van der Waals surface area contributed by atoms with E-state index in [1.807, 2.05) is 47.4 Å². The van der Waals surface area contributed by atoms with E-state index in [0.717, 1.165) is 11.1 Å². The molecule has 0 spiro atoms. The molecule has 2 aromatic heterocycles. The third-order valence-corrected chi connectivity index (χ3v) is 5.76. The van der Waals surface area contributed by atoms with Gasteiger partial charge in [-0.2, -0.15) is 0 Å². The molecule has 0 bridgehead atoms. The summed E-state index contributed by atoms with van der Waals surface area (Å²) >= 11 is 12.5. The zero-order valence-corrected chi connectivity index (χ0v) is 19.7. The zero-order valence-electron chi connectivity index (χ0n) is 18.2. The van der Waals surface area contributed by atoms with Gasteiger partial charge >= 0.3 is 0 Å². The highest BCUT2D eigenvalue weighted by atomic mass is 35.5. The van der Waals surface area contributed by atoms with E-state index >= 15 is 0 Å². The average Bonchev–Trinajstić information content (AvgIpc) is 3.35. The molecule has 0 N–H and O–H groups in total. The Morgan fingerprint density at radius 1 is 1.06 bits per heavy atom. The van der Waals surface area contributed by atoms with Crippen molar-refractivity contribution in [2.24, 2.45) is 0 Å². The summed E-state index contributed by atoms with van der Waals surface area (Å²) in [5.41, 5.74) is 2.05. The van der Waals surface area contributed by atoms with Gasteiger partial charge in [-0.1, -0.05) is 29.8 Å². The van der Waals surface area contributed by atoms with Gasteiger partial charge in [0, 0.05) is 23.0 Å². The maximum absolute atomic E-state index is 6.68. The Morgan fingerprint density at radius 2 is 1.91 bits per heavy atom. The van der Waals surface area contributed by atoms with Crippen molar-refractivity contribution in [2.45, 2.75) is 6.42 Å². The molecule has 0 radical (unpaired) electrons. The summed E-state index contributed by atoms with van der Waals surface area (Å²) in [5, 5.41) is 1.11. The van der Waals surface area contributed by atoms with Crippen molar-refractivity contribution in [2.75, 3.05) is 31.3 Å². The number of para-hydroxylation sites is 1. The molecule has 10 heteroatoms. The fourth-order valence-corrected chi connectivity index (χ4v) is 4.03. The highest BCUT2D eigenvalue weighted by Gasteiger charge is 2.30. The number of aromatic nitrogens is 3. The van der Waals surface area contributed by atoms with Crippen molar-refractivity contribution in [1.82, 2.24) is 15.0 Å². The Balaban J connectivity index is 1.75. The van der Waals surface area contributed by atoms with Crippen molar-refractivity contribution in [3.63, 3.8) is 0 Å². The van der Waals surface area contributed by atoms with Crippen LogP contribution >= 0.6 is 23.2 Å². The summed E-state index contributed by atoms with van der Waals surface area (Å²) < 4.78 is 22.8. The van der Waals surface area contributed by atoms with Crippen LogP contribution in [0.2, 0.25) is 5.02 Å². The number of alkyl halides is 1. The average molecular weight is 499 g/mol. The lowest BCUT2D eigenvalue weighted by Crippen LogP contribution is -2.14. The summed E-state index contributed by atoms with van der Waals surface area (Å²) in [6, 6.07) is 13.4. The van der Waals surface area contributed by atoms with E-state index < -0.39 is 0 Å². The summed E-state index contributed by atoms with van der Waals surface area (Å²) in [7, 11) is 1.59. The summed E-state index contributed by atoms with van der Waals surface area (Å²) in [5.74, 6) is 3.01. The quantitative estimate of drug-likeness (QED) is 0.219. The largest absolute Gasteiger partial charge is 0.493 e. The molecule has 4 aromatic rings. The van der Waals surface area contributed by atoms with Gasteiger partial charge in [0.05, 0.1) is 30.5 Å². The molecule has 0 aliphatic carbocycles. The van der Waals surface area contributed by atoms with E-state index in [4.69, 9.17) is 42.1 Å². The molecule has 8 nitrogen and oxygen atoms in total. The first-order chi connectivity index (χ1) is 16.7. The number of benzene rings is 2. The Bertz CT molecular complexity index is 1320. The minimum atomic E-state index is 0.0542. The van der Waals surface area contributed by atoms with Crippen molar-refractivity contribution < 1.29 is 18.9 Å². The van der Waals surface area contributed by atoms with Crippen LogP contribution in [0.5, 0.6) is 23.1 Å². The number of rotatable bonds is 8. The maximum atomic E-state index is 6.68. The fourth-order valence-electron chi connectivity index (χ4n) is 3.70. The second kappa shape index (κ2) is 9.79. The fraction of sp³-hybridized carbons (Fsp3) is 0.208. The Morgan fingerprint density at radius 3 is 2.71 bits per heavy atom. The van der Waals surface area contributed by atoms with E-state index in [-0.39, 0.29) is 6.79 Å². The van der Waals surface area contributed by atoms with Gasteiger partial charge in [0.2, 0.25) is 12.5 Å². The Kier molecular flexibility index (Phi) is 6.42. The number of hydrogen-bond acceptors (Lipinski definition) is 8. The number of fused-ring (bicyclic) bond motifs is 2. The molecule has 1 aliphatic rings. The third-order valence-electron chi connectivity index (χ3n) is 5.21. The molecule has 0 amide bonds. The summed E-state index contributed by atoms with van der Waals surface area (Å²) in [6.45, 7) is 0.504. The van der Waals surface area contributed by atoms with E-state index in [1.165, 1.54) is 12.5 Å². The normalized spacial score (nSPS) is 12.1. The van der Waals surface area contributed by atoms with Crippen LogP contribution in [0.3, 0.4) is 0 Å². The molecule has 0 unspecified atom stereocenters. The van der Waals surface area contributed by atoms with Crippen molar-refractivity contribution in [3.05, 3.63) is 60.0 Å². The van der Waals surface area contributed by atoms with E-state index in [2.05, 4.69) is 15.0 Å². The van der Waals surface area contributed by atoms with Crippen LogP contribution in [0.4, 0.5) is 17.2 Å². The van der Waals surface area contributed by atoms with E-state index in [1.54, 1.807) is 7.11 Å². The van der Waals surface area contributed by atoms with Gasteiger partial charge < -0.3 is 18.9 Å². The molecule has 2 aromatic carbocycles. The topological polar surface area (TPSA) is 78.8 Å². The minimum absolute atomic E-state index is 0.0542. The van der Waals surface area contributed by atoms with Crippen LogP contribution in [0, 0.1) is 0 Å². The Hall–Kier alpha value is -3.49. The molecule has 174 valence electrons. The zero-order chi connectivity index (χ0) is 23.5. The molecule has 0 fully saturated rings. The number of ether oxygens (including phenoxy) is 4. The molecule has 0 saturated carbocycles. The lowest BCUT2D eigenvalue weighted by atomic mass is 10.1. The number of halogens is 2. The first kappa shape index (κ1) is 22.3. The molecule has 0 atom stereocenters. The predicted molar refractivity (Wildman–Crippen MR) is 131 cm³/mol. The number of anilines is 3. The SMILES string of the molecule is COc1cc2ncnc(N(c3ccccc3)c3c(Cl)cnc4c3OCO4)c2cc1OCCCCl. The van der Waals surface area contributed by atoms with Crippen molar-refractivity contribution in [1.29, 1.82) is 0 Å². The van der Waals surface area contributed by atoms with Crippen LogP contribution in [0.1, 0.15) is 6.42 Å². The first-order valence-corrected chi connectivity index (χ1v) is 11.4. The molecular formula is C24H20Cl2N4O4. The maximum Gasteiger partial charge on any atom is 0.262 e. The van der Waals surface area contributed by atoms with Crippen molar-refractivity contribution >= 4 is 51.3 Å². The van der Waals surface area contributed by atoms with Crippen LogP contribution in [-0.2, 0) is 0 Å². The van der Waals surface area contributed by atoms with Gasteiger partial charge in [-0.15, -0.1) is 11.6 Å². The highest BCUT2D eigenvalue weighted by molar-refractivity contribution is 6.34. The van der Waals surface area contributed by atoms with Crippen LogP contribution in [0.15, 0.2) is 55.0 Å². The molecule has 0 saturated heterocycles. The van der Waals surface area contributed by atoms with Gasteiger partial charge in [-0.05, 0) is 24.6 Å². The first-order valence-electron chi connectivity index (χ1n) is 10.5. The van der Waals surface area contributed by atoms with Gasteiger partial charge in [-0.3, -0.25) is 4.90 Å². The second-order valence-electron chi connectivity index (χ2n) is 7.27. The van der Waals surface area contributed by atoms with E-state index in [9.17, 15) is 0 Å². The molecule has 5 rings (SSSR count). The lowest BCUT2D eigenvalue weighted by Gasteiger charge is -2.27.